The number of rotatable bonds is 7. The van der Waals surface area contributed by atoms with E-state index in [-0.39, 0.29) is 29.9 Å². The topological polar surface area (TPSA) is 94.6 Å². The maximum atomic E-state index is 13.8. The van der Waals surface area contributed by atoms with Gasteiger partial charge in [0.25, 0.3) is 5.91 Å². The first kappa shape index (κ1) is 25.8. The van der Waals surface area contributed by atoms with Crippen LogP contribution in [0.15, 0.2) is 73.2 Å². The van der Waals surface area contributed by atoms with Gasteiger partial charge in [0.15, 0.2) is 11.5 Å². The van der Waals surface area contributed by atoms with Crippen molar-refractivity contribution in [2.45, 2.75) is 40.7 Å². The Labute approximate surface area is 226 Å². The van der Waals surface area contributed by atoms with Gasteiger partial charge in [-0.2, -0.15) is 5.10 Å². The lowest BCUT2D eigenvalue weighted by molar-refractivity contribution is 0.0527. The van der Waals surface area contributed by atoms with Crippen molar-refractivity contribution < 1.29 is 14.3 Å². The molecule has 0 atom stereocenters. The number of hydrogen-bond acceptors (Lipinski definition) is 6. The number of amides is 1. The fourth-order valence-electron chi connectivity index (χ4n) is 4.54. The van der Waals surface area contributed by atoms with E-state index >= 15 is 0 Å². The number of anilines is 1. The van der Waals surface area contributed by atoms with Crippen LogP contribution in [-0.4, -0.2) is 48.9 Å². The highest BCUT2D eigenvalue weighted by Gasteiger charge is 2.30. The third kappa shape index (κ3) is 5.03. The van der Waals surface area contributed by atoms with Gasteiger partial charge >= 0.3 is 5.97 Å². The monoisotopic (exact) mass is 522 g/mol. The van der Waals surface area contributed by atoms with Gasteiger partial charge in [0.05, 0.1) is 18.0 Å². The van der Waals surface area contributed by atoms with Gasteiger partial charge in [-0.1, -0.05) is 29.8 Å². The van der Waals surface area contributed by atoms with Crippen LogP contribution in [0.2, 0.25) is 0 Å². The average Bonchev–Trinajstić information content (AvgIpc) is 3.54. The van der Waals surface area contributed by atoms with E-state index in [1.807, 2.05) is 88.5 Å². The van der Waals surface area contributed by atoms with Gasteiger partial charge in [0, 0.05) is 41.8 Å². The summed E-state index contributed by atoms with van der Waals surface area (Å²) in [7, 11) is 0. The zero-order valence-corrected chi connectivity index (χ0v) is 22.6. The summed E-state index contributed by atoms with van der Waals surface area (Å²) < 4.78 is 8.65. The number of nitrogens with zero attached hydrogens (tertiary/aromatic N) is 6. The molecule has 0 radical (unpaired) electrons. The number of aryl methyl sites for hydroxylation is 2. The standard InChI is InChI=1S/C30H30N6O3/c1-6-39-30(38)25-18-35(23-11-9-22(10-12-23)26-17-27-31-14-7-15-34(27)32-26)33-28(25)36(19(2)3)29(37)24-13-8-20(4)16-21(24)5/h7-19H,6H2,1-5H3. The summed E-state index contributed by atoms with van der Waals surface area (Å²) >= 11 is 0. The average molecular weight is 523 g/mol. The van der Waals surface area contributed by atoms with Crippen molar-refractivity contribution in [1.82, 2.24) is 24.4 Å². The molecule has 9 heteroatoms. The minimum atomic E-state index is -0.536. The fourth-order valence-corrected chi connectivity index (χ4v) is 4.54. The first-order valence-electron chi connectivity index (χ1n) is 12.9. The fraction of sp³-hybridized carbons (Fsp3) is 0.233. The minimum Gasteiger partial charge on any atom is -0.462 e. The Morgan fingerprint density at radius 3 is 2.44 bits per heavy atom. The number of carbonyl (C=O) groups is 2. The second-order valence-corrected chi connectivity index (χ2v) is 9.62. The van der Waals surface area contributed by atoms with E-state index in [9.17, 15) is 9.59 Å². The van der Waals surface area contributed by atoms with Crippen LogP contribution in [0.25, 0.3) is 22.6 Å². The van der Waals surface area contributed by atoms with E-state index in [1.54, 1.807) is 33.4 Å². The molecule has 9 nitrogen and oxygen atoms in total. The zero-order chi connectivity index (χ0) is 27.7. The predicted molar refractivity (Wildman–Crippen MR) is 149 cm³/mol. The third-order valence-corrected chi connectivity index (χ3v) is 6.43. The van der Waals surface area contributed by atoms with E-state index in [1.165, 1.54) is 0 Å². The van der Waals surface area contributed by atoms with Gasteiger partial charge in [0.2, 0.25) is 0 Å². The predicted octanol–water partition coefficient (Wildman–Crippen LogP) is 5.43. The molecule has 0 saturated carbocycles. The van der Waals surface area contributed by atoms with Crippen molar-refractivity contribution in [3.63, 3.8) is 0 Å². The molecule has 198 valence electrons. The van der Waals surface area contributed by atoms with Crippen molar-refractivity contribution >= 4 is 23.3 Å². The number of esters is 1. The lowest BCUT2D eigenvalue weighted by Crippen LogP contribution is -2.38. The van der Waals surface area contributed by atoms with Crippen LogP contribution in [0.1, 0.15) is 52.6 Å². The minimum absolute atomic E-state index is 0.207. The molecular weight excluding hydrogens is 492 g/mol. The van der Waals surface area contributed by atoms with Crippen molar-refractivity contribution in [3.05, 3.63) is 95.4 Å². The molecule has 39 heavy (non-hydrogen) atoms. The lowest BCUT2D eigenvalue weighted by atomic mass is 10.0. The molecular formula is C30H30N6O3. The molecule has 0 bridgehead atoms. The Kier molecular flexibility index (Phi) is 6.98. The first-order valence-corrected chi connectivity index (χ1v) is 12.9. The molecule has 5 aromatic rings. The third-order valence-electron chi connectivity index (χ3n) is 6.43. The van der Waals surface area contributed by atoms with Crippen molar-refractivity contribution in [2.24, 2.45) is 0 Å². The molecule has 0 fully saturated rings. The highest BCUT2D eigenvalue weighted by molar-refractivity contribution is 6.09. The van der Waals surface area contributed by atoms with Crippen LogP contribution in [0.5, 0.6) is 0 Å². The quantitative estimate of drug-likeness (QED) is 0.265. The molecule has 1 amide bonds. The largest absolute Gasteiger partial charge is 0.462 e. The highest BCUT2D eigenvalue weighted by atomic mass is 16.5. The number of aromatic nitrogens is 5. The van der Waals surface area contributed by atoms with Gasteiger partial charge in [-0.15, -0.1) is 5.10 Å². The number of hydrogen-bond donors (Lipinski definition) is 0. The van der Waals surface area contributed by atoms with E-state index in [4.69, 9.17) is 9.84 Å². The van der Waals surface area contributed by atoms with E-state index in [0.717, 1.165) is 33.7 Å². The van der Waals surface area contributed by atoms with Crippen LogP contribution in [0, 0.1) is 13.8 Å². The number of fused-ring (bicyclic) bond motifs is 1. The van der Waals surface area contributed by atoms with Crippen molar-refractivity contribution in [2.75, 3.05) is 11.5 Å². The molecule has 0 unspecified atom stereocenters. The van der Waals surface area contributed by atoms with E-state index in [2.05, 4.69) is 10.1 Å². The summed E-state index contributed by atoms with van der Waals surface area (Å²) in [5.74, 6) is -0.510. The molecule has 2 aromatic carbocycles. The van der Waals surface area contributed by atoms with Gasteiger partial charge in [0.1, 0.15) is 5.56 Å². The summed E-state index contributed by atoms with van der Waals surface area (Å²) in [6, 6.07) is 16.8. The summed E-state index contributed by atoms with van der Waals surface area (Å²) in [6.45, 7) is 9.64. The molecule has 0 aliphatic rings. The van der Waals surface area contributed by atoms with Crippen LogP contribution in [0.3, 0.4) is 0 Å². The molecule has 0 aliphatic heterocycles. The second-order valence-electron chi connectivity index (χ2n) is 9.62. The van der Waals surface area contributed by atoms with E-state index < -0.39 is 5.97 Å². The van der Waals surface area contributed by atoms with E-state index in [0.29, 0.717) is 5.56 Å². The maximum absolute atomic E-state index is 13.8. The van der Waals surface area contributed by atoms with Crippen LogP contribution in [-0.2, 0) is 4.74 Å². The first-order chi connectivity index (χ1) is 18.8. The molecule has 3 aromatic heterocycles. The number of ether oxygens (including phenoxy) is 1. The van der Waals surface area contributed by atoms with Crippen LogP contribution < -0.4 is 4.90 Å². The van der Waals surface area contributed by atoms with Gasteiger partial charge in [-0.25, -0.2) is 19.0 Å². The highest BCUT2D eigenvalue weighted by Crippen LogP contribution is 2.28. The molecule has 0 spiro atoms. The number of carbonyl (C=O) groups excluding carboxylic acids is 2. The lowest BCUT2D eigenvalue weighted by Gasteiger charge is -2.26. The summed E-state index contributed by atoms with van der Waals surface area (Å²) in [5.41, 5.74) is 5.90. The molecule has 0 N–H and O–H groups in total. The Balaban J connectivity index is 1.54. The SMILES string of the molecule is CCOC(=O)c1cn(-c2ccc(-c3cc4ncccn4n3)cc2)nc1N(C(=O)c1ccc(C)cc1C)C(C)C. The van der Waals surface area contributed by atoms with Crippen LogP contribution in [0.4, 0.5) is 5.82 Å². The van der Waals surface area contributed by atoms with Gasteiger partial charge in [-0.3, -0.25) is 9.69 Å². The molecule has 0 aliphatic carbocycles. The van der Waals surface area contributed by atoms with Crippen molar-refractivity contribution in [3.8, 4) is 16.9 Å². The Bertz CT molecular complexity index is 1630. The molecule has 3 heterocycles. The molecule has 5 rings (SSSR count). The summed E-state index contributed by atoms with van der Waals surface area (Å²) in [5, 5.41) is 9.30. The Morgan fingerprint density at radius 1 is 1.00 bits per heavy atom. The maximum Gasteiger partial charge on any atom is 0.343 e. The zero-order valence-electron chi connectivity index (χ0n) is 22.6. The van der Waals surface area contributed by atoms with Gasteiger partial charge in [-0.05, 0) is 64.4 Å². The summed E-state index contributed by atoms with van der Waals surface area (Å²) in [4.78, 5) is 32.7. The van der Waals surface area contributed by atoms with Crippen molar-refractivity contribution in [1.29, 1.82) is 0 Å². The Morgan fingerprint density at radius 2 is 1.77 bits per heavy atom. The van der Waals surface area contributed by atoms with Crippen LogP contribution >= 0.6 is 0 Å². The molecule has 0 saturated heterocycles. The second kappa shape index (κ2) is 10.5. The number of benzene rings is 2. The smallest absolute Gasteiger partial charge is 0.343 e. The van der Waals surface area contributed by atoms with Gasteiger partial charge < -0.3 is 4.74 Å². The Hall–Kier alpha value is -4.79. The summed E-state index contributed by atoms with van der Waals surface area (Å²) in [6.07, 6.45) is 5.19. The normalized spacial score (nSPS) is 11.2.